The Bertz CT molecular complexity index is 859. The van der Waals surface area contributed by atoms with Gasteiger partial charge in [-0.05, 0) is 93.6 Å². The van der Waals surface area contributed by atoms with Crippen molar-refractivity contribution in [1.29, 1.82) is 0 Å². The van der Waals surface area contributed by atoms with Gasteiger partial charge in [-0.2, -0.15) is 0 Å². The Kier molecular flexibility index (Phi) is 4.91. The number of aliphatic carboxylic acids is 1. The molecule has 3 aliphatic rings. The number of aryl methyl sites for hydroxylation is 1. The van der Waals surface area contributed by atoms with Crippen molar-refractivity contribution in [3.05, 3.63) is 29.3 Å². The third-order valence-corrected chi connectivity index (χ3v) is 8.02. The highest BCUT2D eigenvalue weighted by atomic mass is 16.5. The van der Waals surface area contributed by atoms with Gasteiger partial charge in [0.05, 0.1) is 0 Å². The van der Waals surface area contributed by atoms with E-state index in [0.717, 1.165) is 32.1 Å². The molecule has 0 saturated heterocycles. The summed E-state index contributed by atoms with van der Waals surface area (Å²) in [6.45, 7) is 2.19. The Morgan fingerprint density at radius 3 is 2.72 bits per heavy atom. The van der Waals surface area contributed by atoms with Crippen molar-refractivity contribution in [3.8, 4) is 18.1 Å². The van der Waals surface area contributed by atoms with Crippen LogP contribution < -0.4 is 4.74 Å². The van der Waals surface area contributed by atoms with E-state index in [0.29, 0.717) is 29.9 Å². The van der Waals surface area contributed by atoms with Crippen molar-refractivity contribution in [2.24, 2.45) is 17.3 Å². The van der Waals surface area contributed by atoms with Gasteiger partial charge in [-0.25, -0.2) is 4.79 Å². The van der Waals surface area contributed by atoms with E-state index in [1.165, 1.54) is 11.1 Å². The molecule has 156 valence electrons. The summed E-state index contributed by atoms with van der Waals surface area (Å²) in [5.74, 6) is 3.81. The monoisotopic (exact) mass is 397 g/mol. The molecule has 1 aromatic carbocycles. The van der Waals surface area contributed by atoms with Crippen LogP contribution in [0.1, 0.15) is 56.1 Å². The Labute approximate surface area is 173 Å². The van der Waals surface area contributed by atoms with Crippen molar-refractivity contribution in [2.45, 2.75) is 63.2 Å². The zero-order valence-corrected chi connectivity index (χ0v) is 17.5. The minimum Gasteiger partial charge on any atom is -0.477 e. The summed E-state index contributed by atoms with van der Waals surface area (Å²) in [5.41, 5.74) is 1.46. The minimum absolute atomic E-state index is 0.191. The molecular formula is C24H31NO4. The molecule has 0 aromatic heterocycles. The minimum atomic E-state index is -1.00. The second kappa shape index (κ2) is 7.04. The molecule has 0 amide bonds. The number of rotatable bonds is 4. The van der Waals surface area contributed by atoms with Gasteiger partial charge in [0.15, 0.2) is 0 Å². The zero-order chi connectivity index (χ0) is 21.0. The maximum absolute atomic E-state index is 11.4. The van der Waals surface area contributed by atoms with Crippen molar-refractivity contribution in [2.75, 3.05) is 14.1 Å². The maximum Gasteiger partial charge on any atom is 0.360 e. The van der Waals surface area contributed by atoms with E-state index in [4.69, 9.17) is 11.2 Å². The molecule has 2 fully saturated rings. The third-order valence-electron chi connectivity index (χ3n) is 8.02. The molecule has 5 heteroatoms. The van der Waals surface area contributed by atoms with Crippen molar-refractivity contribution < 1.29 is 19.7 Å². The van der Waals surface area contributed by atoms with Crippen molar-refractivity contribution in [3.63, 3.8) is 0 Å². The Balaban J connectivity index is 1.58. The van der Waals surface area contributed by atoms with Crippen LogP contribution in [0, 0.1) is 29.6 Å². The maximum atomic E-state index is 11.4. The molecule has 0 spiro atoms. The molecule has 6 atom stereocenters. The number of hydrogen-bond acceptors (Lipinski definition) is 4. The molecule has 4 unspecified atom stereocenters. The average Bonchev–Trinajstić information content (AvgIpc) is 2.96. The molecule has 0 heterocycles. The van der Waals surface area contributed by atoms with Crippen molar-refractivity contribution >= 4 is 5.97 Å². The normalized spacial score (nSPS) is 36.5. The molecule has 3 aliphatic carbocycles. The summed E-state index contributed by atoms with van der Waals surface area (Å²) in [6.07, 6.45) is 10.5. The molecule has 2 saturated carbocycles. The number of benzene rings is 1. The van der Waals surface area contributed by atoms with Crippen molar-refractivity contribution in [1.82, 2.24) is 4.90 Å². The van der Waals surface area contributed by atoms with E-state index in [1.54, 1.807) is 19.0 Å². The zero-order valence-electron chi connectivity index (χ0n) is 17.5. The number of fused-ring (bicyclic) bond motifs is 5. The van der Waals surface area contributed by atoms with Gasteiger partial charge in [-0.15, -0.1) is 6.42 Å². The highest BCUT2D eigenvalue weighted by Crippen LogP contribution is 2.64. The summed E-state index contributed by atoms with van der Waals surface area (Å²) in [4.78, 5) is 13.0. The van der Waals surface area contributed by atoms with E-state index in [9.17, 15) is 15.0 Å². The average molecular weight is 398 g/mol. The van der Waals surface area contributed by atoms with Crippen LogP contribution in [0.3, 0.4) is 0 Å². The van der Waals surface area contributed by atoms with Gasteiger partial charge in [-0.1, -0.05) is 18.9 Å². The van der Waals surface area contributed by atoms with E-state index >= 15 is 0 Å². The van der Waals surface area contributed by atoms with Crippen LogP contribution in [0.25, 0.3) is 0 Å². The van der Waals surface area contributed by atoms with Crippen LogP contribution in [-0.4, -0.2) is 47.0 Å². The SMILES string of the molecule is C#C[C@]1(O)CCC2C3CCc4cc(OC(C(=O)O)N(C)C)ccc4C3CC[C@@]21C. The van der Waals surface area contributed by atoms with Gasteiger partial charge in [0.1, 0.15) is 11.4 Å². The summed E-state index contributed by atoms with van der Waals surface area (Å²) in [7, 11) is 3.39. The first-order valence-corrected chi connectivity index (χ1v) is 10.6. The summed E-state index contributed by atoms with van der Waals surface area (Å²) >= 11 is 0. The van der Waals surface area contributed by atoms with Gasteiger partial charge in [0.2, 0.25) is 6.23 Å². The molecular weight excluding hydrogens is 366 g/mol. The van der Waals surface area contributed by atoms with Gasteiger partial charge in [0.25, 0.3) is 0 Å². The van der Waals surface area contributed by atoms with E-state index in [2.05, 4.69) is 18.9 Å². The lowest BCUT2D eigenvalue weighted by Gasteiger charge is -2.52. The van der Waals surface area contributed by atoms with E-state index < -0.39 is 17.8 Å². The number of carbonyl (C=O) groups is 1. The third kappa shape index (κ3) is 3.05. The highest BCUT2D eigenvalue weighted by Gasteiger charge is 2.61. The fourth-order valence-electron chi connectivity index (χ4n) is 6.39. The van der Waals surface area contributed by atoms with E-state index in [1.807, 2.05) is 12.1 Å². The topological polar surface area (TPSA) is 70.0 Å². The lowest BCUT2D eigenvalue weighted by molar-refractivity contribution is -0.152. The van der Waals surface area contributed by atoms with E-state index in [-0.39, 0.29) is 5.41 Å². The number of ether oxygens (including phenoxy) is 1. The molecule has 0 bridgehead atoms. The first-order valence-electron chi connectivity index (χ1n) is 10.6. The highest BCUT2D eigenvalue weighted by molar-refractivity contribution is 5.72. The Morgan fingerprint density at radius 2 is 2.07 bits per heavy atom. The number of likely N-dealkylation sites (N-methyl/N-ethyl adjacent to an activating group) is 1. The molecule has 0 radical (unpaired) electrons. The van der Waals surface area contributed by atoms with Gasteiger partial charge in [-0.3, -0.25) is 4.90 Å². The summed E-state index contributed by atoms with van der Waals surface area (Å²) in [5, 5.41) is 20.4. The summed E-state index contributed by atoms with van der Waals surface area (Å²) < 4.78 is 5.74. The van der Waals surface area contributed by atoms with Gasteiger partial charge < -0.3 is 14.9 Å². The Morgan fingerprint density at radius 1 is 1.31 bits per heavy atom. The fraction of sp³-hybridized carbons (Fsp3) is 0.625. The second-order valence-corrected chi connectivity index (χ2v) is 9.55. The summed E-state index contributed by atoms with van der Waals surface area (Å²) in [6, 6.07) is 6.05. The number of hydrogen-bond donors (Lipinski definition) is 2. The lowest BCUT2D eigenvalue weighted by atomic mass is 9.53. The predicted octanol–water partition coefficient (Wildman–Crippen LogP) is 3.26. The molecule has 1 aromatic rings. The molecule has 5 nitrogen and oxygen atoms in total. The van der Waals surface area contributed by atoms with Crippen LogP contribution in [0.5, 0.6) is 5.75 Å². The van der Waals surface area contributed by atoms with Gasteiger partial charge in [0, 0.05) is 5.41 Å². The number of aliphatic hydroxyl groups is 1. The number of nitrogens with zero attached hydrogens (tertiary/aromatic N) is 1. The standard InChI is InChI=1S/C24H31NO4/c1-5-24(28)13-11-20-19-8-6-15-14-16(29-21(22(26)27)25(3)4)7-9-17(15)18(19)10-12-23(20,24)2/h1,7,9,14,18-21,28H,6,8,10-13H2,2-4H3,(H,26,27)/t18?,19?,20?,21?,23-,24-/m0/s1. The number of carboxylic acids is 1. The van der Waals surface area contributed by atoms with Crippen LogP contribution >= 0.6 is 0 Å². The predicted molar refractivity (Wildman–Crippen MR) is 111 cm³/mol. The fourth-order valence-corrected chi connectivity index (χ4v) is 6.39. The van der Waals surface area contributed by atoms with Crippen LogP contribution in [0.4, 0.5) is 0 Å². The second-order valence-electron chi connectivity index (χ2n) is 9.55. The smallest absolute Gasteiger partial charge is 0.360 e. The molecule has 2 N–H and O–H groups in total. The largest absolute Gasteiger partial charge is 0.477 e. The Hall–Kier alpha value is -2.03. The first-order chi connectivity index (χ1) is 13.7. The number of carboxylic acid groups (broad SMARTS) is 1. The first kappa shape index (κ1) is 20.3. The van der Waals surface area contributed by atoms with Gasteiger partial charge >= 0.3 is 5.97 Å². The number of terminal acetylenes is 1. The molecule has 29 heavy (non-hydrogen) atoms. The molecule has 0 aliphatic heterocycles. The molecule has 4 rings (SSSR count). The lowest BCUT2D eigenvalue weighted by Crippen LogP contribution is -2.50. The van der Waals surface area contributed by atoms with Crippen LogP contribution in [-0.2, 0) is 11.2 Å². The van der Waals surface area contributed by atoms with Crippen LogP contribution in [0.2, 0.25) is 0 Å². The quantitative estimate of drug-likeness (QED) is 0.603. The van der Waals surface area contributed by atoms with Crippen LogP contribution in [0.15, 0.2) is 18.2 Å².